The van der Waals surface area contributed by atoms with E-state index < -0.39 is 0 Å². The number of hydrogen-bond acceptors (Lipinski definition) is 3. The van der Waals surface area contributed by atoms with E-state index in [9.17, 15) is 4.79 Å². The lowest BCUT2D eigenvalue weighted by Crippen LogP contribution is -2.40. The Hall–Kier alpha value is -1.72. The number of nitrogens with one attached hydrogen (secondary N) is 1. The molecule has 2 aromatic rings. The lowest BCUT2D eigenvalue weighted by molar-refractivity contribution is -0.126. The lowest BCUT2D eigenvalue weighted by Gasteiger charge is -2.31. The monoisotopic (exact) mass is 387 g/mol. The molecule has 1 N–H and O–H groups in total. The van der Waals surface area contributed by atoms with Gasteiger partial charge in [0.05, 0.1) is 0 Å². The molecule has 0 spiro atoms. The Kier molecular flexibility index (Phi) is 5.99. The Morgan fingerprint density at radius 2 is 1.75 bits per heavy atom. The van der Waals surface area contributed by atoms with E-state index in [4.69, 9.17) is 0 Å². The van der Waals surface area contributed by atoms with E-state index in [1.54, 1.807) is 12.4 Å². The predicted molar refractivity (Wildman–Crippen MR) is 98.2 cm³/mol. The summed E-state index contributed by atoms with van der Waals surface area (Å²) in [7, 11) is 0. The van der Waals surface area contributed by atoms with Crippen molar-refractivity contribution >= 4 is 21.8 Å². The minimum absolute atomic E-state index is 0.132. The molecule has 1 aliphatic rings. The summed E-state index contributed by atoms with van der Waals surface area (Å²) in [6.07, 6.45) is 5.36. The minimum atomic E-state index is 0.132. The number of pyridine rings is 1. The van der Waals surface area contributed by atoms with Gasteiger partial charge in [0.15, 0.2) is 0 Å². The van der Waals surface area contributed by atoms with Crippen LogP contribution in [-0.4, -0.2) is 28.9 Å². The Balaban J connectivity index is 1.42. The van der Waals surface area contributed by atoms with E-state index in [0.717, 1.165) is 42.5 Å². The van der Waals surface area contributed by atoms with Crippen LogP contribution in [0.25, 0.3) is 0 Å². The summed E-state index contributed by atoms with van der Waals surface area (Å²) in [4.78, 5) is 18.7. The molecule has 0 saturated carbocycles. The number of nitrogens with zero attached hydrogens (tertiary/aromatic N) is 2. The van der Waals surface area contributed by atoms with Crippen molar-refractivity contribution in [1.29, 1.82) is 0 Å². The van der Waals surface area contributed by atoms with Gasteiger partial charge >= 0.3 is 0 Å². The number of piperidine rings is 1. The van der Waals surface area contributed by atoms with Crippen LogP contribution in [0.2, 0.25) is 0 Å². The second-order valence-corrected chi connectivity index (χ2v) is 7.17. The molecule has 1 amide bonds. The van der Waals surface area contributed by atoms with E-state index in [1.807, 2.05) is 12.1 Å². The molecule has 1 aliphatic heterocycles. The Labute approximate surface area is 151 Å². The van der Waals surface area contributed by atoms with Crippen LogP contribution < -0.4 is 5.32 Å². The normalized spacial score (nSPS) is 16.0. The second kappa shape index (κ2) is 8.40. The number of hydrogen-bond donors (Lipinski definition) is 1. The van der Waals surface area contributed by atoms with Crippen molar-refractivity contribution < 1.29 is 4.79 Å². The fourth-order valence-electron chi connectivity index (χ4n) is 3.04. The smallest absolute Gasteiger partial charge is 0.223 e. The molecule has 1 fully saturated rings. The molecular formula is C19H22BrN3O. The van der Waals surface area contributed by atoms with Crippen LogP contribution in [0, 0.1) is 5.92 Å². The van der Waals surface area contributed by atoms with Gasteiger partial charge in [0.1, 0.15) is 0 Å². The van der Waals surface area contributed by atoms with Gasteiger partial charge in [-0.1, -0.05) is 28.1 Å². The number of amides is 1. The first-order valence-electron chi connectivity index (χ1n) is 8.34. The first kappa shape index (κ1) is 17.1. The van der Waals surface area contributed by atoms with Crippen LogP contribution >= 0.6 is 15.9 Å². The fraction of sp³-hybridized carbons (Fsp3) is 0.368. The number of carbonyl (C=O) groups excluding carboxylic acids is 1. The number of halogens is 1. The Bertz CT molecular complexity index is 652. The van der Waals surface area contributed by atoms with E-state index in [2.05, 4.69) is 55.4 Å². The maximum Gasteiger partial charge on any atom is 0.223 e. The van der Waals surface area contributed by atoms with Crippen LogP contribution in [0.15, 0.2) is 53.3 Å². The molecule has 0 aliphatic carbocycles. The molecule has 4 nitrogen and oxygen atoms in total. The van der Waals surface area contributed by atoms with Crippen LogP contribution in [0.5, 0.6) is 0 Å². The highest BCUT2D eigenvalue weighted by Crippen LogP contribution is 2.20. The van der Waals surface area contributed by atoms with E-state index in [-0.39, 0.29) is 11.8 Å². The average molecular weight is 388 g/mol. The molecule has 126 valence electrons. The lowest BCUT2D eigenvalue weighted by atomic mass is 9.95. The average Bonchev–Trinajstić information content (AvgIpc) is 2.63. The third kappa shape index (κ3) is 4.89. The van der Waals surface area contributed by atoms with Crippen molar-refractivity contribution in [2.45, 2.75) is 25.9 Å². The van der Waals surface area contributed by atoms with Crippen molar-refractivity contribution in [2.24, 2.45) is 5.92 Å². The fourth-order valence-corrected chi connectivity index (χ4v) is 3.30. The first-order chi connectivity index (χ1) is 11.7. The number of carbonyl (C=O) groups is 1. The zero-order valence-corrected chi connectivity index (χ0v) is 15.2. The second-order valence-electron chi connectivity index (χ2n) is 6.25. The molecule has 5 heteroatoms. The summed E-state index contributed by atoms with van der Waals surface area (Å²) in [5, 5.41) is 3.05. The van der Waals surface area contributed by atoms with Crippen molar-refractivity contribution in [3.05, 3.63) is 64.4 Å². The quantitative estimate of drug-likeness (QED) is 0.854. The minimum Gasteiger partial charge on any atom is -0.352 e. The standard InChI is InChI=1S/C19H22BrN3O/c20-18-3-1-16(2-4-18)14-23-11-7-17(8-12-23)19(24)22-13-15-5-9-21-10-6-15/h1-6,9-10,17H,7-8,11-14H2,(H,22,24). The predicted octanol–water partition coefficient (Wildman–Crippen LogP) is 3.37. The van der Waals surface area contributed by atoms with Gasteiger partial charge in [-0.2, -0.15) is 0 Å². The van der Waals surface area contributed by atoms with Crippen molar-refractivity contribution in [2.75, 3.05) is 13.1 Å². The van der Waals surface area contributed by atoms with Crippen LogP contribution in [0.4, 0.5) is 0 Å². The molecule has 0 bridgehead atoms. The zero-order chi connectivity index (χ0) is 16.8. The molecule has 3 rings (SSSR count). The molecule has 0 radical (unpaired) electrons. The van der Waals surface area contributed by atoms with Gasteiger partial charge in [0.25, 0.3) is 0 Å². The largest absolute Gasteiger partial charge is 0.352 e. The van der Waals surface area contributed by atoms with E-state index >= 15 is 0 Å². The topological polar surface area (TPSA) is 45.2 Å². The maximum atomic E-state index is 12.3. The highest BCUT2D eigenvalue weighted by Gasteiger charge is 2.24. The summed E-state index contributed by atoms with van der Waals surface area (Å²) in [5.41, 5.74) is 2.41. The van der Waals surface area contributed by atoms with Crippen LogP contribution in [-0.2, 0) is 17.9 Å². The van der Waals surface area contributed by atoms with Crippen molar-refractivity contribution in [3.8, 4) is 0 Å². The van der Waals surface area contributed by atoms with Gasteiger partial charge in [0.2, 0.25) is 5.91 Å². The molecule has 1 saturated heterocycles. The van der Waals surface area contributed by atoms with Gasteiger partial charge in [-0.25, -0.2) is 0 Å². The summed E-state index contributed by atoms with van der Waals surface area (Å²) in [6.45, 7) is 3.49. The third-order valence-corrected chi connectivity index (χ3v) is 5.02. The number of aromatic nitrogens is 1. The molecule has 2 heterocycles. The number of rotatable bonds is 5. The highest BCUT2D eigenvalue weighted by molar-refractivity contribution is 9.10. The molecule has 0 atom stereocenters. The van der Waals surface area contributed by atoms with Gasteiger partial charge in [0, 0.05) is 35.9 Å². The summed E-state index contributed by atoms with van der Waals surface area (Å²) in [6, 6.07) is 12.3. The molecular weight excluding hydrogens is 366 g/mol. The van der Waals surface area contributed by atoms with Gasteiger partial charge in [-0.3, -0.25) is 14.7 Å². The van der Waals surface area contributed by atoms with E-state index in [0.29, 0.717) is 6.54 Å². The summed E-state index contributed by atoms with van der Waals surface area (Å²) in [5.74, 6) is 0.308. The number of benzene rings is 1. The highest BCUT2D eigenvalue weighted by atomic mass is 79.9. The summed E-state index contributed by atoms with van der Waals surface area (Å²) >= 11 is 3.46. The number of likely N-dealkylation sites (tertiary alicyclic amines) is 1. The molecule has 24 heavy (non-hydrogen) atoms. The SMILES string of the molecule is O=C(NCc1ccncc1)C1CCN(Cc2ccc(Br)cc2)CC1. The van der Waals surface area contributed by atoms with Crippen LogP contribution in [0.1, 0.15) is 24.0 Å². The maximum absolute atomic E-state index is 12.3. The van der Waals surface area contributed by atoms with Gasteiger partial charge in [-0.05, 0) is 61.3 Å². The molecule has 0 unspecified atom stereocenters. The Morgan fingerprint density at radius 3 is 2.42 bits per heavy atom. The van der Waals surface area contributed by atoms with Crippen molar-refractivity contribution in [3.63, 3.8) is 0 Å². The van der Waals surface area contributed by atoms with Gasteiger partial charge in [-0.15, -0.1) is 0 Å². The van der Waals surface area contributed by atoms with E-state index in [1.165, 1.54) is 5.56 Å². The Morgan fingerprint density at radius 1 is 1.08 bits per heavy atom. The van der Waals surface area contributed by atoms with Gasteiger partial charge < -0.3 is 5.32 Å². The molecule has 1 aromatic carbocycles. The van der Waals surface area contributed by atoms with Crippen molar-refractivity contribution in [1.82, 2.24) is 15.2 Å². The summed E-state index contributed by atoms with van der Waals surface area (Å²) < 4.78 is 1.11. The third-order valence-electron chi connectivity index (χ3n) is 4.49. The zero-order valence-electron chi connectivity index (χ0n) is 13.6. The van der Waals surface area contributed by atoms with Crippen LogP contribution in [0.3, 0.4) is 0 Å². The first-order valence-corrected chi connectivity index (χ1v) is 9.13. The molecule has 1 aromatic heterocycles.